The molecule has 0 spiro atoms. The molecule has 5 heteroatoms. The number of ether oxygens (including phenoxy) is 1. The van der Waals surface area contributed by atoms with E-state index >= 15 is 0 Å². The number of rotatable bonds is 7. The summed E-state index contributed by atoms with van der Waals surface area (Å²) < 4.78 is 6.51. The van der Waals surface area contributed by atoms with Crippen LogP contribution in [0.15, 0.2) is 12.7 Å². The van der Waals surface area contributed by atoms with Crippen molar-refractivity contribution in [2.75, 3.05) is 13.2 Å². The first-order chi connectivity index (χ1) is 10.0. The highest BCUT2D eigenvalue weighted by atomic mass is 28.4. The number of hydrogen-bond donors (Lipinski definition) is 2. The Morgan fingerprint density at radius 2 is 1.30 bits per heavy atom. The summed E-state index contributed by atoms with van der Waals surface area (Å²) in [7, 11) is -3.96. The second kappa shape index (κ2) is 7.12. The van der Waals surface area contributed by atoms with Gasteiger partial charge >= 0.3 is 0 Å². The molecule has 0 rings (SSSR count). The second-order valence-electron chi connectivity index (χ2n) is 9.84. The lowest BCUT2D eigenvalue weighted by Crippen LogP contribution is -2.74. The minimum atomic E-state index is -1.98. The smallest absolute Gasteiger partial charge is 0.100 e. The van der Waals surface area contributed by atoms with Gasteiger partial charge in [0.1, 0.15) is 6.10 Å². The van der Waals surface area contributed by atoms with Gasteiger partial charge in [-0.05, 0) is 10.1 Å². The number of hydrogen-bond acceptors (Lipinski definition) is 3. The van der Waals surface area contributed by atoms with Gasteiger partial charge in [0, 0.05) is 0 Å². The molecule has 1 atom stereocenters. The number of aliphatic hydroxyl groups excluding tert-OH is 2. The Bertz CT molecular complexity index is 377. The van der Waals surface area contributed by atoms with Crippen LogP contribution in [-0.2, 0) is 4.74 Å². The minimum Gasteiger partial charge on any atom is -0.394 e. The lowest BCUT2D eigenvalue weighted by atomic mass is 10.2. The van der Waals surface area contributed by atoms with Crippen molar-refractivity contribution >= 4 is 16.1 Å². The average Bonchev–Trinajstić information content (AvgIpc) is 2.36. The van der Waals surface area contributed by atoms with Crippen LogP contribution in [0.5, 0.6) is 0 Å². The minimum absolute atomic E-state index is 0.126. The predicted octanol–water partition coefficient (Wildman–Crippen LogP) is 4.38. The van der Waals surface area contributed by atoms with E-state index in [4.69, 9.17) is 4.74 Å². The van der Waals surface area contributed by atoms with E-state index in [1.807, 2.05) is 6.08 Å². The molecular formula is C18H40O3Si2. The van der Waals surface area contributed by atoms with Gasteiger partial charge in [-0.2, -0.15) is 0 Å². The molecule has 23 heavy (non-hydrogen) atoms. The molecule has 0 saturated heterocycles. The summed E-state index contributed by atoms with van der Waals surface area (Å²) in [6.45, 7) is 27.3. The molecule has 138 valence electrons. The van der Waals surface area contributed by atoms with Gasteiger partial charge < -0.3 is 14.9 Å². The van der Waals surface area contributed by atoms with Crippen molar-refractivity contribution in [3.63, 3.8) is 0 Å². The molecule has 0 radical (unpaired) electrons. The maximum absolute atomic E-state index is 9.88. The van der Waals surface area contributed by atoms with Gasteiger partial charge in [0.15, 0.2) is 0 Å². The van der Waals surface area contributed by atoms with Gasteiger partial charge in [0.25, 0.3) is 0 Å². The molecule has 0 amide bonds. The number of aliphatic hydroxyl groups is 2. The van der Waals surface area contributed by atoms with E-state index in [1.54, 1.807) is 0 Å². The van der Waals surface area contributed by atoms with Crippen LogP contribution in [0.4, 0.5) is 0 Å². The Labute approximate surface area is 146 Å². The Morgan fingerprint density at radius 3 is 1.52 bits per heavy atom. The van der Waals surface area contributed by atoms with Crippen LogP contribution in [0.3, 0.4) is 0 Å². The van der Waals surface area contributed by atoms with Gasteiger partial charge in [-0.3, -0.25) is 0 Å². The highest BCUT2D eigenvalue weighted by Gasteiger charge is 2.63. The highest BCUT2D eigenvalue weighted by molar-refractivity contribution is 7.02. The monoisotopic (exact) mass is 360 g/mol. The van der Waals surface area contributed by atoms with E-state index in [0.29, 0.717) is 0 Å². The fourth-order valence-corrected chi connectivity index (χ4v) is 15.7. The van der Waals surface area contributed by atoms with Crippen LogP contribution in [0.1, 0.15) is 41.5 Å². The normalized spacial score (nSPS) is 16.3. The van der Waals surface area contributed by atoms with Gasteiger partial charge in [0.2, 0.25) is 0 Å². The summed E-state index contributed by atoms with van der Waals surface area (Å²) in [4.78, 5) is -0.396. The van der Waals surface area contributed by atoms with Crippen LogP contribution in [0.2, 0.25) is 36.3 Å². The molecule has 0 saturated carbocycles. The summed E-state index contributed by atoms with van der Waals surface area (Å²) in [5.74, 6) is 0. The predicted molar refractivity (Wildman–Crippen MR) is 106 cm³/mol. The lowest BCUT2D eigenvalue weighted by Gasteiger charge is -2.61. The van der Waals surface area contributed by atoms with Crippen molar-refractivity contribution in [2.24, 2.45) is 0 Å². The Hall–Kier alpha value is 0.0538. The molecule has 0 fully saturated rings. The Morgan fingerprint density at radius 1 is 0.957 bits per heavy atom. The summed E-state index contributed by atoms with van der Waals surface area (Å²) in [6, 6.07) is 0. The maximum atomic E-state index is 9.88. The van der Waals surface area contributed by atoms with Crippen molar-refractivity contribution in [1.29, 1.82) is 0 Å². The van der Waals surface area contributed by atoms with Crippen molar-refractivity contribution in [2.45, 2.75) is 88.8 Å². The molecule has 0 aliphatic heterocycles. The molecular weight excluding hydrogens is 320 g/mol. The molecule has 0 aromatic heterocycles. The maximum Gasteiger partial charge on any atom is 0.100 e. The molecule has 2 N–H and O–H groups in total. The van der Waals surface area contributed by atoms with Gasteiger partial charge in [-0.15, -0.1) is 6.58 Å². The zero-order valence-electron chi connectivity index (χ0n) is 17.1. The van der Waals surface area contributed by atoms with Crippen LogP contribution < -0.4 is 0 Å². The van der Waals surface area contributed by atoms with Gasteiger partial charge in [-0.25, -0.2) is 0 Å². The van der Waals surface area contributed by atoms with E-state index in [0.717, 1.165) is 0 Å². The van der Waals surface area contributed by atoms with Gasteiger partial charge in [0.05, 0.1) is 34.2 Å². The fraction of sp³-hybridized carbons (Fsp3) is 0.889. The molecule has 3 nitrogen and oxygen atoms in total. The standard InChI is InChI=1S/C18H40O3Si2/c1-12-18(21-14-15(20)13-19,22(8,9)16(2,3)4)23(10,11)17(5,6)7/h12,15,19-20H,1,13-14H2,2-11H3. The van der Waals surface area contributed by atoms with Crippen molar-refractivity contribution in [3.8, 4) is 0 Å². The first-order valence-electron chi connectivity index (χ1n) is 8.58. The molecule has 1 unspecified atom stereocenters. The third-order valence-corrected chi connectivity index (χ3v) is 22.3. The van der Waals surface area contributed by atoms with Gasteiger partial charge in [-0.1, -0.05) is 73.8 Å². The first kappa shape index (κ1) is 23.1. The van der Waals surface area contributed by atoms with Crippen molar-refractivity contribution < 1.29 is 14.9 Å². The van der Waals surface area contributed by atoms with E-state index in [9.17, 15) is 10.2 Å². The summed E-state index contributed by atoms with van der Waals surface area (Å²) in [6.07, 6.45) is 1.19. The Balaban J connectivity index is 6.32. The summed E-state index contributed by atoms with van der Waals surface area (Å²) in [5.41, 5.74) is 0. The summed E-state index contributed by atoms with van der Waals surface area (Å²) >= 11 is 0. The summed E-state index contributed by atoms with van der Waals surface area (Å²) in [5, 5.41) is 19.3. The van der Waals surface area contributed by atoms with Crippen LogP contribution in [-0.4, -0.2) is 50.5 Å². The quantitative estimate of drug-likeness (QED) is 0.523. The lowest BCUT2D eigenvalue weighted by molar-refractivity contribution is -0.0133. The molecule has 0 aromatic carbocycles. The second-order valence-corrected chi connectivity index (χ2v) is 21.3. The Kier molecular flexibility index (Phi) is 7.14. The van der Waals surface area contributed by atoms with E-state index in [-0.39, 0.29) is 23.3 Å². The van der Waals surface area contributed by atoms with Crippen LogP contribution in [0, 0.1) is 0 Å². The van der Waals surface area contributed by atoms with E-state index in [2.05, 4.69) is 74.3 Å². The SMILES string of the molecule is C=CC(OCC(O)CO)([Si](C)(C)C(C)(C)C)[Si](C)(C)C(C)(C)C. The largest absolute Gasteiger partial charge is 0.394 e. The molecule has 0 aliphatic carbocycles. The fourth-order valence-electron chi connectivity index (χ4n) is 3.11. The van der Waals surface area contributed by atoms with Crippen molar-refractivity contribution in [3.05, 3.63) is 12.7 Å². The van der Waals surface area contributed by atoms with E-state index in [1.165, 1.54) is 0 Å². The topological polar surface area (TPSA) is 49.7 Å². The molecule has 0 heterocycles. The van der Waals surface area contributed by atoms with Crippen LogP contribution in [0.25, 0.3) is 0 Å². The third-order valence-electron chi connectivity index (χ3n) is 6.61. The van der Waals surface area contributed by atoms with E-state index < -0.39 is 27.1 Å². The molecule has 0 bridgehead atoms. The third kappa shape index (κ3) is 4.01. The molecule has 0 aliphatic rings. The van der Waals surface area contributed by atoms with Crippen molar-refractivity contribution in [1.82, 2.24) is 0 Å². The zero-order chi connectivity index (χ0) is 18.9. The zero-order valence-corrected chi connectivity index (χ0v) is 19.1. The van der Waals surface area contributed by atoms with Crippen LogP contribution >= 0.6 is 0 Å². The highest BCUT2D eigenvalue weighted by Crippen LogP contribution is 2.54. The average molecular weight is 361 g/mol. The first-order valence-corrected chi connectivity index (χ1v) is 14.6. The molecule has 0 aromatic rings.